The van der Waals surface area contributed by atoms with Crippen LogP contribution >= 0.6 is 0 Å². The van der Waals surface area contributed by atoms with E-state index in [9.17, 15) is 4.79 Å². The lowest BCUT2D eigenvalue weighted by atomic mass is 9.97. The number of hydrogen-bond donors (Lipinski definition) is 0. The van der Waals surface area contributed by atoms with Crippen molar-refractivity contribution >= 4 is 5.97 Å². The number of carbonyl (C=O) groups excluding carboxylic acids is 1. The highest BCUT2D eigenvalue weighted by Gasteiger charge is 2.12. The average Bonchev–Trinajstić information content (AvgIpc) is 2.37. The van der Waals surface area contributed by atoms with Crippen molar-refractivity contribution in [3.63, 3.8) is 0 Å². The lowest BCUT2D eigenvalue weighted by Crippen LogP contribution is -2.05. The van der Waals surface area contributed by atoms with Crippen LogP contribution in [0.4, 0.5) is 0 Å². The molecular formula is C16H17NO2. The average molecular weight is 255 g/mol. The number of aryl methyl sites for hydroxylation is 3. The molecule has 19 heavy (non-hydrogen) atoms. The molecule has 0 unspecified atom stereocenters. The van der Waals surface area contributed by atoms with Crippen molar-refractivity contribution < 1.29 is 9.53 Å². The van der Waals surface area contributed by atoms with Gasteiger partial charge in [0.1, 0.15) is 5.69 Å². The molecule has 1 aromatic heterocycles. The fourth-order valence-corrected chi connectivity index (χ4v) is 2.38. The van der Waals surface area contributed by atoms with Gasteiger partial charge < -0.3 is 4.74 Å². The number of pyridine rings is 1. The zero-order valence-electron chi connectivity index (χ0n) is 11.7. The molecule has 0 amide bonds. The number of esters is 1. The van der Waals surface area contributed by atoms with E-state index in [0.717, 1.165) is 22.4 Å². The minimum atomic E-state index is -0.413. The Kier molecular flexibility index (Phi) is 3.65. The first-order chi connectivity index (χ1) is 9.02. The second kappa shape index (κ2) is 5.22. The van der Waals surface area contributed by atoms with Crippen molar-refractivity contribution in [2.75, 3.05) is 7.11 Å². The highest BCUT2D eigenvalue weighted by Crippen LogP contribution is 2.27. The summed E-state index contributed by atoms with van der Waals surface area (Å²) in [5.41, 5.74) is 5.76. The number of nitrogens with zero attached hydrogens (tertiary/aromatic N) is 1. The molecule has 3 nitrogen and oxygen atoms in total. The Morgan fingerprint density at radius 1 is 1.11 bits per heavy atom. The van der Waals surface area contributed by atoms with Gasteiger partial charge in [0.15, 0.2) is 0 Å². The Morgan fingerprint density at radius 3 is 2.32 bits per heavy atom. The molecule has 2 aromatic rings. The van der Waals surface area contributed by atoms with E-state index >= 15 is 0 Å². The molecule has 3 heteroatoms. The van der Waals surface area contributed by atoms with Crippen LogP contribution in [0.3, 0.4) is 0 Å². The first kappa shape index (κ1) is 13.3. The molecule has 0 N–H and O–H groups in total. The standard InChI is InChI=1S/C16H17NO2/c1-10-8-11(2)15(12(3)9-10)13-6-5-7-14(17-13)16(18)19-4/h5-9H,1-4H3. The van der Waals surface area contributed by atoms with E-state index in [1.807, 2.05) is 12.1 Å². The molecule has 2 rings (SSSR count). The van der Waals surface area contributed by atoms with Crippen molar-refractivity contribution in [2.24, 2.45) is 0 Å². The van der Waals surface area contributed by atoms with Gasteiger partial charge in [0.05, 0.1) is 12.8 Å². The van der Waals surface area contributed by atoms with Crippen molar-refractivity contribution in [2.45, 2.75) is 20.8 Å². The molecule has 0 spiro atoms. The second-order valence-electron chi connectivity index (χ2n) is 4.67. The fraction of sp³-hybridized carbons (Fsp3) is 0.250. The predicted molar refractivity (Wildman–Crippen MR) is 75.2 cm³/mol. The van der Waals surface area contributed by atoms with Gasteiger partial charge >= 0.3 is 5.97 Å². The Bertz CT molecular complexity index is 609. The molecule has 0 saturated heterocycles. The summed E-state index contributed by atoms with van der Waals surface area (Å²) in [7, 11) is 1.36. The normalized spacial score (nSPS) is 10.3. The number of rotatable bonds is 2. The third-order valence-corrected chi connectivity index (χ3v) is 3.08. The van der Waals surface area contributed by atoms with E-state index in [-0.39, 0.29) is 0 Å². The summed E-state index contributed by atoms with van der Waals surface area (Å²) < 4.78 is 4.71. The lowest BCUT2D eigenvalue weighted by Gasteiger charge is -2.11. The van der Waals surface area contributed by atoms with Gasteiger partial charge in [0.25, 0.3) is 0 Å². The smallest absolute Gasteiger partial charge is 0.356 e. The van der Waals surface area contributed by atoms with Crippen LogP contribution in [0.25, 0.3) is 11.3 Å². The van der Waals surface area contributed by atoms with E-state index in [2.05, 4.69) is 37.9 Å². The van der Waals surface area contributed by atoms with Gasteiger partial charge in [0, 0.05) is 5.56 Å². The number of hydrogen-bond acceptors (Lipinski definition) is 3. The number of carbonyl (C=O) groups is 1. The zero-order chi connectivity index (χ0) is 14.0. The molecule has 0 fully saturated rings. The maximum absolute atomic E-state index is 11.5. The third-order valence-electron chi connectivity index (χ3n) is 3.08. The largest absolute Gasteiger partial charge is 0.464 e. The van der Waals surface area contributed by atoms with Gasteiger partial charge in [0.2, 0.25) is 0 Å². The molecule has 0 aliphatic carbocycles. The maximum Gasteiger partial charge on any atom is 0.356 e. The van der Waals surface area contributed by atoms with Gasteiger partial charge in [-0.2, -0.15) is 0 Å². The Hall–Kier alpha value is -2.16. The summed E-state index contributed by atoms with van der Waals surface area (Å²) in [6, 6.07) is 9.64. The summed E-state index contributed by atoms with van der Waals surface area (Å²) in [6.07, 6.45) is 0. The van der Waals surface area contributed by atoms with Crippen LogP contribution in [0.2, 0.25) is 0 Å². The molecule has 0 atom stereocenters. The Labute approximate surface area is 113 Å². The van der Waals surface area contributed by atoms with Gasteiger partial charge in [-0.25, -0.2) is 9.78 Å². The van der Waals surface area contributed by atoms with E-state index < -0.39 is 5.97 Å². The minimum Gasteiger partial charge on any atom is -0.464 e. The van der Waals surface area contributed by atoms with Crippen LogP contribution in [0.5, 0.6) is 0 Å². The van der Waals surface area contributed by atoms with E-state index in [1.165, 1.54) is 12.7 Å². The van der Waals surface area contributed by atoms with Crippen LogP contribution < -0.4 is 0 Å². The van der Waals surface area contributed by atoms with E-state index in [1.54, 1.807) is 6.07 Å². The molecular weight excluding hydrogens is 238 g/mol. The molecule has 0 radical (unpaired) electrons. The third kappa shape index (κ3) is 2.65. The monoisotopic (exact) mass is 255 g/mol. The summed E-state index contributed by atoms with van der Waals surface area (Å²) in [4.78, 5) is 15.9. The molecule has 1 aromatic carbocycles. The van der Waals surface area contributed by atoms with Gasteiger partial charge in [-0.15, -0.1) is 0 Å². The van der Waals surface area contributed by atoms with Gasteiger partial charge in [-0.05, 0) is 44.0 Å². The molecule has 0 aliphatic heterocycles. The number of aromatic nitrogens is 1. The topological polar surface area (TPSA) is 39.2 Å². The highest BCUT2D eigenvalue weighted by molar-refractivity contribution is 5.88. The molecule has 0 aliphatic rings. The Morgan fingerprint density at radius 2 is 1.74 bits per heavy atom. The van der Waals surface area contributed by atoms with Crippen LogP contribution in [-0.2, 0) is 4.74 Å². The first-order valence-corrected chi connectivity index (χ1v) is 6.16. The van der Waals surface area contributed by atoms with Gasteiger partial charge in [-0.1, -0.05) is 23.8 Å². The fourth-order valence-electron chi connectivity index (χ4n) is 2.38. The summed E-state index contributed by atoms with van der Waals surface area (Å²) in [5, 5.41) is 0. The highest BCUT2D eigenvalue weighted by atomic mass is 16.5. The van der Waals surface area contributed by atoms with Crippen molar-refractivity contribution in [1.82, 2.24) is 4.98 Å². The summed E-state index contributed by atoms with van der Waals surface area (Å²) in [6.45, 7) is 6.19. The van der Waals surface area contributed by atoms with Crippen LogP contribution in [0.15, 0.2) is 30.3 Å². The molecule has 98 valence electrons. The van der Waals surface area contributed by atoms with Crippen molar-refractivity contribution in [3.05, 3.63) is 52.7 Å². The van der Waals surface area contributed by atoms with Crippen molar-refractivity contribution in [1.29, 1.82) is 0 Å². The summed E-state index contributed by atoms with van der Waals surface area (Å²) in [5.74, 6) is -0.413. The quantitative estimate of drug-likeness (QED) is 0.771. The summed E-state index contributed by atoms with van der Waals surface area (Å²) >= 11 is 0. The SMILES string of the molecule is COC(=O)c1cccc(-c2c(C)cc(C)cc2C)n1. The zero-order valence-corrected chi connectivity index (χ0v) is 11.7. The van der Waals surface area contributed by atoms with Crippen LogP contribution in [0.1, 0.15) is 27.2 Å². The number of ether oxygens (including phenoxy) is 1. The van der Waals surface area contributed by atoms with E-state index in [4.69, 9.17) is 4.74 Å². The molecule has 1 heterocycles. The van der Waals surface area contributed by atoms with Crippen molar-refractivity contribution in [3.8, 4) is 11.3 Å². The van der Waals surface area contributed by atoms with Crippen LogP contribution in [0, 0.1) is 20.8 Å². The predicted octanol–water partition coefficient (Wildman–Crippen LogP) is 3.46. The van der Waals surface area contributed by atoms with Crippen LogP contribution in [-0.4, -0.2) is 18.1 Å². The molecule has 0 saturated carbocycles. The Balaban J connectivity index is 2.57. The lowest BCUT2D eigenvalue weighted by molar-refractivity contribution is 0.0594. The van der Waals surface area contributed by atoms with Gasteiger partial charge in [-0.3, -0.25) is 0 Å². The first-order valence-electron chi connectivity index (χ1n) is 6.16. The van der Waals surface area contributed by atoms with E-state index in [0.29, 0.717) is 5.69 Å². The second-order valence-corrected chi connectivity index (χ2v) is 4.67. The number of methoxy groups -OCH3 is 1. The maximum atomic E-state index is 11.5. The minimum absolute atomic E-state index is 0.333. The molecule has 0 bridgehead atoms. The number of benzene rings is 1.